The standard InChI is InChI=1S/C14H20N4O2/c19-17-18-10-12(8-11-9-15-6-3-7-16-11)20-14-5-2-1-4-13(14)18/h1-2,4-5,11-12,15-16H,3,6-10H2. The molecule has 0 bridgehead atoms. The van der Waals surface area contributed by atoms with Crippen molar-refractivity contribution in [2.75, 3.05) is 31.2 Å². The highest BCUT2D eigenvalue weighted by Gasteiger charge is 2.28. The molecule has 2 atom stereocenters. The van der Waals surface area contributed by atoms with Gasteiger partial charge in [-0.25, -0.2) is 5.01 Å². The van der Waals surface area contributed by atoms with Crippen LogP contribution in [-0.2, 0) is 0 Å². The first kappa shape index (κ1) is 13.3. The maximum Gasteiger partial charge on any atom is 0.145 e. The Morgan fingerprint density at radius 1 is 1.35 bits per heavy atom. The second-order valence-corrected chi connectivity index (χ2v) is 5.32. The molecule has 0 spiro atoms. The Kier molecular flexibility index (Phi) is 4.13. The molecule has 2 aliphatic rings. The van der Waals surface area contributed by atoms with Crippen LogP contribution in [0.1, 0.15) is 12.8 Å². The van der Waals surface area contributed by atoms with Crippen LogP contribution in [0.5, 0.6) is 5.75 Å². The lowest BCUT2D eigenvalue weighted by atomic mass is 10.1. The molecule has 6 nitrogen and oxygen atoms in total. The number of ether oxygens (including phenoxy) is 1. The number of nitrogens with zero attached hydrogens (tertiary/aromatic N) is 2. The molecule has 1 aromatic rings. The molecule has 1 saturated heterocycles. The van der Waals surface area contributed by atoms with E-state index in [1.165, 1.54) is 5.01 Å². The SMILES string of the molecule is O=NN1CC(CC2CNCCCN2)Oc2ccccc21. The molecular formula is C14H20N4O2. The van der Waals surface area contributed by atoms with E-state index in [1.54, 1.807) is 0 Å². The van der Waals surface area contributed by atoms with Crippen molar-refractivity contribution in [3.05, 3.63) is 29.2 Å². The summed E-state index contributed by atoms with van der Waals surface area (Å²) in [5.74, 6) is 0.741. The molecule has 3 rings (SSSR count). The molecule has 0 saturated carbocycles. The van der Waals surface area contributed by atoms with Gasteiger partial charge in [-0.1, -0.05) is 12.1 Å². The Hall–Kier alpha value is -1.66. The second kappa shape index (κ2) is 6.19. The quantitative estimate of drug-likeness (QED) is 0.814. The molecule has 2 N–H and O–H groups in total. The maximum absolute atomic E-state index is 11.0. The molecule has 2 aliphatic heterocycles. The van der Waals surface area contributed by atoms with Gasteiger partial charge in [0.05, 0.1) is 11.8 Å². The minimum atomic E-state index is -0.0139. The summed E-state index contributed by atoms with van der Waals surface area (Å²) in [7, 11) is 0. The molecule has 0 aromatic heterocycles. The third-order valence-electron chi connectivity index (χ3n) is 3.81. The van der Waals surface area contributed by atoms with Gasteiger partial charge in [0.25, 0.3) is 0 Å². The number of nitrogens with one attached hydrogen (secondary N) is 2. The van der Waals surface area contributed by atoms with Crippen molar-refractivity contribution in [1.29, 1.82) is 0 Å². The molecule has 108 valence electrons. The lowest BCUT2D eigenvalue weighted by molar-refractivity contribution is 0.168. The van der Waals surface area contributed by atoms with Crippen molar-refractivity contribution in [2.45, 2.75) is 25.0 Å². The number of hydrogen-bond donors (Lipinski definition) is 2. The first-order valence-electron chi connectivity index (χ1n) is 7.17. The van der Waals surface area contributed by atoms with Crippen LogP contribution in [0, 0.1) is 4.91 Å². The van der Waals surface area contributed by atoms with Gasteiger partial charge in [0, 0.05) is 19.0 Å². The smallest absolute Gasteiger partial charge is 0.145 e. The van der Waals surface area contributed by atoms with Gasteiger partial charge in [-0.2, -0.15) is 0 Å². The minimum Gasteiger partial charge on any atom is -0.486 e. The van der Waals surface area contributed by atoms with Gasteiger partial charge in [-0.3, -0.25) is 0 Å². The van der Waals surface area contributed by atoms with E-state index in [1.807, 2.05) is 24.3 Å². The zero-order valence-electron chi connectivity index (χ0n) is 11.4. The third kappa shape index (κ3) is 2.91. The number of hydrogen-bond acceptors (Lipinski definition) is 5. The molecular weight excluding hydrogens is 256 g/mol. The maximum atomic E-state index is 11.0. The van der Waals surface area contributed by atoms with E-state index in [0.29, 0.717) is 12.6 Å². The summed E-state index contributed by atoms with van der Waals surface area (Å²) in [6.07, 6.45) is 2.00. The van der Waals surface area contributed by atoms with Crippen LogP contribution in [0.2, 0.25) is 0 Å². The molecule has 20 heavy (non-hydrogen) atoms. The highest BCUT2D eigenvalue weighted by molar-refractivity contribution is 5.59. The van der Waals surface area contributed by atoms with E-state index >= 15 is 0 Å². The number of para-hydroxylation sites is 2. The van der Waals surface area contributed by atoms with Crippen LogP contribution >= 0.6 is 0 Å². The minimum absolute atomic E-state index is 0.0139. The van der Waals surface area contributed by atoms with Crippen LogP contribution in [0.3, 0.4) is 0 Å². The number of rotatable bonds is 3. The Bertz CT molecular complexity index is 460. The zero-order valence-corrected chi connectivity index (χ0v) is 11.4. The summed E-state index contributed by atoms with van der Waals surface area (Å²) in [5, 5.41) is 11.5. The van der Waals surface area contributed by atoms with E-state index in [2.05, 4.69) is 15.9 Å². The van der Waals surface area contributed by atoms with Crippen molar-refractivity contribution >= 4 is 5.69 Å². The Morgan fingerprint density at radius 2 is 2.25 bits per heavy atom. The van der Waals surface area contributed by atoms with Crippen molar-refractivity contribution in [2.24, 2.45) is 5.29 Å². The van der Waals surface area contributed by atoms with E-state index in [-0.39, 0.29) is 6.10 Å². The molecule has 0 aliphatic carbocycles. The summed E-state index contributed by atoms with van der Waals surface area (Å²) < 4.78 is 6.00. The number of fused-ring (bicyclic) bond motifs is 1. The van der Waals surface area contributed by atoms with E-state index in [0.717, 1.165) is 43.9 Å². The summed E-state index contributed by atoms with van der Waals surface area (Å²) in [4.78, 5) is 11.0. The van der Waals surface area contributed by atoms with Crippen LogP contribution in [0.25, 0.3) is 0 Å². The summed E-state index contributed by atoms with van der Waals surface area (Å²) in [5.41, 5.74) is 0.755. The topological polar surface area (TPSA) is 66.0 Å². The average molecular weight is 276 g/mol. The first-order valence-corrected chi connectivity index (χ1v) is 7.17. The first-order chi connectivity index (χ1) is 9.86. The van der Waals surface area contributed by atoms with Crippen LogP contribution in [0.4, 0.5) is 5.69 Å². The third-order valence-corrected chi connectivity index (χ3v) is 3.81. The van der Waals surface area contributed by atoms with E-state index in [4.69, 9.17) is 4.74 Å². The lowest BCUT2D eigenvalue weighted by Crippen LogP contribution is -2.44. The number of benzene rings is 1. The predicted molar refractivity (Wildman–Crippen MR) is 77.9 cm³/mol. The largest absolute Gasteiger partial charge is 0.486 e. The Labute approximate surface area is 118 Å². The summed E-state index contributed by atoms with van der Waals surface area (Å²) in [6, 6.07) is 7.92. The fraction of sp³-hybridized carbons (Fsp3) is 0.571. The Morgan fingerprint density at radius 3 is 3.15 bits per heavy atom. The number of anilines is 1. The summed E-state index contributed by atoms with van der Waals surface area (Å²) >= 11 is 0. The van der Waals surface area contributed by atoms with Gasteiger partial charge in [0.15, 0.2) is 0 Å². The van der Waals surface area contributed by atoms with Crippen molar-refractivity contribution in [1.82, 2.24) is 10.6 Å². The molecule has 0 radical (unpaired) electrons. The van der Waals surface area contributed by atoms with Crippen LogP contribution in [0.15, 0.2) is 29.6 Å². The normalized spacial score (nSPS) is 26.3. The van der Waals surface area contributed by atoms with Gasteiger partial charge >= 0.3 is 0 Å². The number of nitroso groups, excluding NO2 is 1. The fourth-order valence-electron chi connectivity index (χ4n) is 2.83. The zero-order chi connectivity index (χ0) is 13.8. The molecule has 2 heterocycles. The van der Waals surface area contributed by atoms with Gasteiger partial charge < -0.3 is 15.4 Å². The van der Waals surface area contributed by atoms with Crippen molar-refractivity contribution in [3.8, 4) is 5.75 Å². The predicted octanol–water partition coefficient (Wildman–Crippen LogP) is 1.28. The van der Waals surface area contributed by atoms with Gasteiger partial charge in [0.2, 0.25) is 0 Å². The van der Waals surface area contributed by atoms with Crippen LogP contribution < -0.4 is 20.4 Å². The molecule has 1 aromatic carbocycles. The van der Waals surface area contributed by atoms with Gasteiger partial charge in [0.1, 0.15) is 17.5 Å². The molecule has 0 amide bonds. The fourth-order valence-corrected chi connectivity index (χ4v) is 2.83. The lowest BCUT2D eigenvalue weighted by Gasteiger charge is -2.33. The van der Waals surface area contributed by atoms with Gasteiger partial charge in [-0.15, -0.1) is 4.91 Å². The van der Waals surface area contributed by atoms with Crippen molar-refractivity contribution < 1.29 is 4.74 Å². The molecule has 6 heteroatoms. The van der Waals surface area contributed by atoms with Gasteiger partial charge in [-0.05, 0) is 31.6 Å². The average Bonchev–Trinajstić information content (AvgIpc) is 2.75. The highest BCUT2D eigenvalue weighted by Crippen LogP contribution is 2.34. The molecule has 1 fully saturated rings. The van der Waals surface area contributed by atoms with E-state index in [9.17, 15) is 4.91 Å². The second-order valence-electron chi connectivity index (χ2n) is 5.32. The van der Waals surface area contributed by atoms with Crippen LogP contribution in [-0.4, -0.2) is 38.3 Å². The monoisotopic (exact) mass is 276 g/mol. The summed E-state index contributed by atoms with van der Waals surface area (Å²) in [6.45, 7) is 3.53. The highest BCUT2D eigenvalue weighted by atomic mass is 16.5. The van der Waals surface area contributed by atoms with E-state index < -0.39 is 0 Å². The van der Waals surface area contributed by atoms with Crippen molar-refractivity contribution in [3.63, 3.8) is 0 Å². The Balaban J connectivity index is 1.68. The molecule has 2 unspecified atom stereocenters.